The van der Waals surface area contributed by atoms with Crippen LogP contribution < -0.4 is 10.2 Å². The van der Waals surface area contributed by atoms with E-state index in [9.17, 15) is 14.2 Å². The van der Waals surface area contributed by atoms with E-state index in [4.69, 9.17) is 0 Å². The Bertz CT molecular complexity index is 1000. The summed E-state index contributed by atoms with van der Waals surface area (Å²) >= 11 is 0. The molecule has 130 valence electrons. The van der Waals surface area contributed by atoms with Gasteiger partial charge in [-0.05, 0) is 19.1 Å². The summed E-state index contributed by atoms with van der Waals surface area (Å²) in [5, 5.41) is -0.0429. The van der Waals surface area contributed by atoms with E-state index in [1.807, 2.05) is 67.6 Å². The molecule has 5 rings (SSSR count). The van der Waals surface area contributed by atoms with Crippen molar-refractivity contribution in [3.05, 3.63) is 72.8 Å². The third kappa shape index (κ3) is 1.64. The van der Waals surface area contributed by atoms with E-state index in [0.29, 0.717) is 5.69 Å². The molecule has 2 saturated heterocycles. The number of carbonyl (C=O) groups excluding carboxylic acids is 2. The van der Waals surface area contributed by atoms with Gasteiger partial charge in [-0.25, -0.2) is 4.90 Å². The van der Waals surface area contributed by atoms with Gasteiger partial charge in [0.05, 0.1) is 22.7 Å². The Morgan fingerprint density at radius 3 is 2.15 bits per heavy atom. The molecule has 2 bridgehead atoms. The van der Waals surface area contributed by atoms with Crippen LogP contribution >= 0.6 is 7.14 Å². The van der Waals surface area contributed by atoms with Crippen LogP contribution in [0.25, 0.3) is 0 Å². The summed E-state index contributed by atoms with van der Waals surface area (Å²) < 4.78 is 14.2. The topological polar surface area (TPSA) is 54.5 Å². The van der Waals surface area contributed by atoms with Gasteiger partial charge in [-0.2, -0.15) is 0 Å². The van der Waals surface area contributed by atoms with Crippen LogP contribution in [0, 0.1) is 11.8 Å². The van der Waals surface area contributed by atoms with Crippen LogP contribution in [0.15, 0.2) is 72.8 Å². The van der Waals surface area contributed by atoms with E-state index in [1.165, 1.54) is 4.90 Å². The highest BCUT2D eigenvalue weighted by molar-refractivity contribution is 7.75. The Kier molecular flexibility index (Phi) is 3.06. The molecule has 0 saturated carbocycles. The first-order valence-corrected chi connectivity index (χ1v) is 10.6. The van der Waals surface area contributed by atoms with Crippen LogP contribution in [-0.4, -0.2) is 22.6 Å². The summed E-state index contributed by atoms with van der Waals surface area (Å²) in [6.07, 6.45) is 3.83. The first-order chi connectivity index (χ1) is 12.5. The molecule has 0 spiro atoms. The molecule has 0 aromatic heterocycles. The minimum absolute atomic E-state index is 0.222. The van der Waals surface area contributed by atoms with Gasteiger partial charge >= 0.3 is 0 Å². The number of nitrogens with zero attached hydrogens (tertiary/aromatic N) is 1. The van der Waals surface area contributed by atoms with E-state index in [-0.39, 0.29) is 11.8 Å². The summed E-state index contributed by atoms with van der Waals surface area (Å²) in [4.78, 5) is 27.8. The number of rotatable bonds is 2. The molecule has 3 aliphatic heterocycles. The monoisotopic (exact) mass is 363 g/mol. The molecule has 1 unspecified atom stereocenters. The van der Waals surface area contributed by atoms with Crippen molar-refractivity contribution in [2.24, 2.45) is 11.8 Å². The van der Waals surface area contributed by atoms with Gasteiger partial charge in [0.25, 0.3) is 0 Å². The fourth-order valence-electron chi connectivity index (χ4n) is 5.08. The summed E-state index contributed by atoms with van der Waals surface area (Å²) in [5.74, 6) is -1.54. The lowest BCUT2D eigenvalue weighted by Crippen LogP contribution is -2.39. The van der Waals surface area contributed by atoms with Crippen LogP contribution in [0.1, 0.15) is 6.92 Å². The second-order valence-corrected chi connectivity index (χ2v) is 10.8. The van der Waals surface area contributed by atoms with Gasteiger partial charge in [-0.1, -0.05) is 60.7 Å². The standard InChI is InChI=1S/C21H18NO3P/c1-21-13-12-16(26(21,25)15-10-6-3-7-11-15)17-18(21)20(24)22(19(17)23)14-8-4-2-5-9-14/h2-13,16-18H,1H3/t16-,17+,18-,21+,26?/m0/s1. The van der Waals surface area contributed by atoms with Crippen LogP contribution in [0.5, 0.6) is 0 Å². The molecule has 2 aromatic carbocycles. The zero-order chi connectivity index (χ0) is 18.1. The minimum atomic E-state index is -2.96. The molecule has 5 atom stereocenters. The van der Waals surface area contributed by atoms with E-state index < -0.39 is 29.8 Å². The Balaban J connectivity index is 1.65. The van der Waals surface area contributed by atoms with Crippen molar-refractivity contribution in [1.29, 1.82) is 0 Å². The molecule has 5 heteroatoms. The summed E-state index contributed by atoms with van der Waals surface area (Å²) in [7, 11) is -2.96. The fourth-order valence-corrected chi connectivity index (χ4v) is 9.31. The van der Waals surface area contributed by atoms with Crippen molar-refractivity contribution in [3.8, 4) is 0 Å². The largest absolute Gasteiger partial charge is 0.317 e. The lowest BCUT2D eigenvalue weighted by Gasteiger charge is -2.31. The number of carbonyl (C=O) groups is 2. The van der Waals surface area contributed by atoms with Gasteiger partial charge in [0.15, 0.2) is 0 Å². The van der Waals surface area contributed by atoms with Crippen molar-refractivity contribution in [2.75, 3.05) is 4.90 Å². The number of fused-ring (bicyclic) bond motifs is 5. The Morgan fingerprint density at radius 1 is 0.923 bits per heavy atom. The minimum Gasteiger partial charge on any atom is -0.317 e. The average molecular weight is 363 g/mol. The van der Waals surface area contributed by atoms with Gasteiger partial charge < -0.3 is 4.57 Å². The summed E-state index contributed by atoms with van der Waals surface area (Å²) in [6.45, 7) is 1.89. The van der Waals surface area contributed by atoms with Gasteiger partial charge in [0.1, 0.15) is 7.14 Å². The van der Waals surface area contributed by atoms with E-state index in [2.05, 4.69) is 0 Å². The number of hydrogen-bond donors (Lipinski definition) is 0. The molecule has 3 aliphatic rings. The van der Waals surface area contributed by atoms with Crippen molar-refractivity contribution in [2.45, 2.75) is 17.7 Å². The summed E-state index contributed by atoms with van der Waals surface area (Å²) in [6, 6.07) is 18.4. The van der Waals surface area contributed by atoms with Crippen LogP contribution in [0.2, 0.25) is 0 Å². The zero-order valence-electron chi connectivity index (χ0n) is 14.3. The SMILES string of the molecule is C[C@@]12C=C[C@@H]([C@H]3C(=O)N(c4ccccc4)C(=O)[C@H]31)P2(=O)c1ccccc1. The van der Waals surface area contributed by atoms with Gasteiger partial charge in [0, 0.05) is 11.0 Å². The van der Waals surface area contributed by atoms with E-state index in [1.54, 1.807) is 12.1 Å². The predicted octanol–water partition coefficient (Wildman–Crippen LogP) is 3.19. The van der Waals surface area contributed by atoms with Gasteiger partial charge in [0.2, 0.25) is 11.8 Å². The molecule has 2 amide bonds. The van der Waals surface area contributed by atoms with Crippen molar-refractivity contribution >= 4 is 29.9 Å². The maximum atomic E-state index is 14.2. The number of hydrogen-bond acceptors (Lipinski definition) is 3. The quantitative estimate of drug-likeness (QED) is 0.468. The Labute approximate surface area is 151 Å². The number of allylic oxidation sites excluding steroid dienone is 2. The second-order valence-electron chi connectivity index (χ2n) is 7.42. The Hall–Kier alpha value is -2.45. The van der Waals surface area contributed by atoms with Gasteiger partial charge in [-0.3, -0.25) is 9.59 Å². The average Bonchev–Trinajstić information content (AvgIpc) is 3.17. The third-order valence-corrected chi connectivity index (χ3v) is 10.5. The van der Waals surface area contributed by atoms with Crippen LogP contribution in [0.4, 0.5) is 5.69 Å². The predicted molar refractivity (Wildman–Crippen MR) is 101 cm³/mol. The lowest BCUT2D eigenvalue weighted by atomic mass is 9.78. The molecule has 0 aliphatic carbocycles. The molecule has 0 radical (unpaired) electrons. The fraction of sp³-hybridized carbons (Fsp3) is 0.238. The molecular formula is C21H18NO3P. The Morgan fingerprint density at radius 2 is 1.54 bits per heavy atom. The first-order valence-electron chi connectivity index (χ1n) is 8.78. The number of anilines is 1. The number of amides is 2. The first kappa shape index (κ1) is 15.8. The van der Waals surface area contributed by atoms with E-state index >= 15 is 0 Å². The van der Waals surface area contributed by atoms with Crippen LogP contribution in [0.3, 0.4) is 0 Å². The highest BCUT2D eigenvalue weighted by Crippen LogP contribution is 2.78. The lowest BCUT2D eigenvalue weighted by molar-refractivity contribution is -0.122. The molecule has 3 heterocycles. The van der Waals surface area contributed by atoms with Gasteiger partial charge in [-0.15, -0.1) is 0 Å². The maximum Gasteiger partial charge on any atom is 0.239 e. The van der Waals surface area contributed by atoms with E-state index in [0.717, 1.165) is 5.30 Å². The smallest absolute Gasteiger partial charge is 0.239 e. The van der Waals surface area contributed by atoms with Crippen LogP contribution in [-0.2, 0) is 14.2 Å². The maximum absolute atomic E-state index is 14.2. The van der Waals surface area contributed by atoms with Crippen molar-refractivity contribution < 1.29 is 14.2 Å². The summed E-state index contributed by atoms with van der Waals surface area (Å²) in [5.41, 5.74) is 0.194. The molecular weight excluding hydrogens is 345 g/mol. The highest BCUT2D eigenvalue weighted by atomic mass is 31.2. The molecule has 4 nitrogen and oxygen atoms in total. The van der Waals surface area contributed by atoms with Crippen molar-refractivity contribution in [3.63, 3.8) is 0 Å². The number of para-hydroxylation sites is 1. The number of benzene rings is 2. The third-order valence-electron chi connectivity index (χ3n) is 6.27. The zero-order valence-corrected chi connectivity index (χ0v) is 15.2. The van der Waals surface area contributed by atoms with Crippen molar-refractivity contribution in [1.82, 2.24) is 0 Å². The highest BCUT2D eigenvalue weighted by Gasteiger charge is 2.74. The number of imide groups is 1. The second kappa shape index (κ2) is 5.05. The molecule has 26 heavy (non-hydrogen) atoms. The molecule has 0 N–H and O–H groups in total. The normalized spacial score (nSPS) is 37.4. The molecule has 2 aromatic rings. The molecule has 2 fully saturated rings.